The fourth-order valence-electron chi connectivity index (χ4n) is 1.79. The summed E-state index contributed by atoms with van der Waals surface area (Å²) in [6.45, 7) is 3.65. The Morgan fingerprint density at radius 2 is 2.19 bits per heavy atom. The number of nitrogens with zero attached hydrogens (tertiary/aromatic N) is 1. The summed E-state index contributed by atoms with van der Waals surface area (Å²) in [5.74, 6) is -0.887. The van der Waals surface area contributed by atoms with E-state index >= 15 is 0 Å². The molecule has 2 heterocycles. The number of aromatic carboxylic acids is 1. The van der Waals surface area contributed by atoms with E-state index in [1.807, 2.05) is 0 Å². The van der Waals surface area contributed by atoms with E-state index in [1.54, 1.807) is 0 Å². The van der Waals surface area contributed by atoms with Crippen molar-refractivity contribution in [2.24, 2.45) is 0 Å². The van der Waals surface area contributed by atoms with Crippen LogP contribution in [0, 0.1) is 0 Å². The molecule has 0 amide bonds. The minimum atomic E-state index is -1.07. The lowest BCUT2D eigenvalue weighted by atomic mass is 10.4. The lowest BCUT2D eigenvalue weighted by Gasteiger charge is -2.13. The molecular formula is C11H15NO4. The topological polar surface area (TPSA) is 62.9 Å². The molecule has 0 bridgehead atoms. The second-order valence-electron chi connectivity index (χ2n) is 3.82. The Bertz CT molecular complexity index is 355. The molecule has 5 heteroatoms. The Balaban J connectivity index is 1.74. The van der Waals surface area contributed by atoms with Crippen molar-refractivity contribution in [2.75, 3.05) is 26.2 Å². The van der Waals surface area contributed by atoms with Crippen LogP contribution in [0.3, 0.4) is 0 Å². The van der Waals surface area contributed by atoms with Crippen LogP contribution >= 0.6 is 0 Å². The Morgan fingerprint density at radius 1 is 1.44 bits per heavy atom. The molecule has 0 unspecified atom stereocenters. The Hall–Kier alpha value is -1.49. The van der Waals surface area contributed by atoms with Crippen molar-refractivity contribution in [3.63, 3.8) is 0 Å². The van der Waals surface area contributed by atoms with Gasteiger partial charge in [0.2, 0.25) is 5.76 Å². The third kappa shape index (κ3) is 2.76. The normalized spacial score (nSPS) is 16.5. The highest BCUT2D eigenvalue weighted by molar-refractivity contribution is 5.84. The molecule has 0 aromatic carbocycles. The van der Waals surface area contributed by atoms with Crippen LogP contribution in [0.2, 0.25) is 0 Å². The van der Waals surface area contributed by atoms with Crippen LogP contribution in [0.15, 0.2) is 16.5 Å². The highest BCUT2D eigenvalue weighted by atomic mass is 16.6. The molecule has 0 radical (unpaired) electrons. The molecule has 1 aliphatic heterocycles. The molecule has 2 rings (SSSR count). The predicted octanol–water partition coefficient (Wildman–Crippen LogP) is 1.45. The van der Waals surface area contributed by atoms with Gasteiger partial charge in [0.05, 0.1) is 0 Å². The van der Waals surface area contributed by atoms with Crippen LogP contribution in [-0.4, -0.2) is 42.2 Å². The largest absolute Gasteiger partial charge is 0.475 e. The van der Waals surface area contributed by atoms with Crippen LogP contribution in [-0.2, 0) is 0 Å². The molecule has 0 atom stereocenters. The lowest BCUT2D eigenvalue weighted by Crippen LogP contribution is -2.24. The van der Waals surface area contributed by atoms with Crippen LogP contribution < -0.4 is 4.74 Å². The Kier molecular flexibility index (Phi) is 3.46. The lowest BCUT2D eigenvalue weighted by molar-refractivity contribution is 0.0652. The number of hydrogen-bond acceptors (Lipinski definition) is 4. The average Bonchev–Trinajstić information content (AvgIpc) is 2.87. The van der Waals surface area contributed by atoms with Crippen LogP contribution in [0.5, 0.6) is 5.95 Å². The second-order valence-corrected chi connectivity index (χ2v) is 3.82. The minimum Gasteiger partial charge on any atom is -0.475 e. The predicted molar refractivity (Wildman–Crippen MR) is 56.8 cm³/mol. The van der Waals surface area contributed by atoms with E-state index < -0.39 is 5.97 Å². The van der Waals surface area contributed by atoms with Gasteiger partial charge in [0.25, 0.3) is 5.95 Å². The maximum atomic E-state index is 10.5. The number of carboxylic acids is 1. The SMILES string of the molecule is O=C(O)c1ccc(OCCN2CCCC2)o1. The number of ether oxygens (including phenoxy) is 1. The van der Waals surface area contributed by atoms with Crippen LogP contribution in [0.1, 0.15) is 23.4 Å². The summed E-state index contributed by atoms with van der Waals surface area (Å²) in [5, 5.41) is 8.64. The summed E-state index contributed by atoms with van der Waals surface area (Å²) < 4.78 is 10.3. The van der Waals surface area contributed by atoms with Gasteiger partial charge in [-0.3, -0.25) is 4.90 Å². The maximum Gasteiger partial charge on any atom is 0.371 e. The molecule has 0 spiro atoms. The first kappa shape index (κ1) is 11.0. The van der Waals surface area contributed by atoms with Crippen molar-refractivity contribution < 1.29 is 19.1 Å². The molecule has 0 saturated carbocycles. The quantitative estimate of drug-likeness (QED) is 0.821. The molecule has 1 fully saturated rings. The van der Waals surface area contributed by atoms with E-state index in [1.165, 1.54) is 25.0 Å². The molecule has 1 aliphatic rings. The molecule has 1 saturated heterocycles. The smallest absolute Gasteiger partial charge is 0.371 e. The van der Waals surface area contributed by atoms with Gasteiger partial charge in [-0.25, -0.2) is 4.79 Å². The molecule has 16 heavy (non-hydrogen) atoms. The van der Waals surface area contributed by atoms with Gasteiger partial charge in [-0.2, -0.15) is 0 Å². The van der Waals surface area contributed by atoms with Gasteiger partial charge in [0.1, 0.15) is 6.61 Å². The number of carbonyl (C=O) groups is 1. The van der Waals surface area contributed by atoms with Crippen molar-refractivity contribution in [3.05, 3.63) is 17.9 Å². The third-order valence-corrected chi connectivity index (χ3v) is 2.64. The molecule has 88 valence electrons. The molecule has 1 N–H and O–H groups in total. The van der Waals surface area contributed by atoms with Crippen molar-refractivity contribution in [1.29, 1.82) is 0 Å². The van der Waals surface area contributed by atoms with Crippen molar-refractivity contribution in [2.45, 2.75) is 12.8 Å². The van der Waals surface area contributed by atoms with Crippen molar-refractivity contribution in [3.8, 4) is 5.95 Å². The second kappa shape index (κ2) is 5.03. The van der Waals surface area contributed by atoms with E-state index in [2.05, 4.69) is 4.90 Å². The van der Waals surface area contributed by atoms with Gasteiger partial charge in [-0.05, 0) is 32.0 Å². The average molecular weight is 225 g/mol. The fourth-order valence-corrected chi connectivity index (χ4v) is 1.79. The summed E-state index contributed by atoms with van der Waals surface area (Å²) in [6.07, 6.45) is 2.51. The summed E-state index contributed by atoms with van der Waals surface area (Å²) in [7, 11) is 0. The van der Waals surface area contributed by atoms with E-state index in [9.17, 15) is 4.79 Å². The van der Waals surface area contributed by atoms with Crippen LogP contribution in [0.4, 0.5) is 0 Å². The zero-order chi connectivity index (χ0) is 11.4. The standard InChI is InChI=1S/C11H15NO4/c13-11(14)9-3-4-10(16-9)15-8-7-12-5-1-2-6-12/h3-4H,1-2,5-8H2,(H,13,14). The summed E-state index contributed by atoms with van der Waals surface area (Å²) in [4.78, 5) is 12.9. The zero-order valence-corrected chi connectivity index (χ0v) is 9.02. The Morgan fingerprint density at radius 3 is 2.81 bits per heavy atom. The Labute approximate surface area is 93.6 Å². The molecule has 0 aliphatic carbocycles. The fraction of sp³-hybridized carbons (Fsp3) is 0.545. The molecular weight excluding hydrogens is 210 g/mol. The monoisotopic (exact) mass is 225 g/mol. The summed E-state index contributed by atoms with van der Waals surface area (Å²) in [5.41, 5.74) is 0. The van der Waals surface area contributed by atoms with Gasteiger partial charge in [0.15, 0.2) is 0 Å². The number of hydrogen-bond donors (Lipinski definition) is 1. The highest BCUT2D eigenvalue weighted by Gasteiger charge is 2.12. The summed E-state index contributed by atoms with van der Waals surface area (Å²) in [6, 6.07) is 2.93. The first-order valence-corrected chi connectivity index (χ1v) is 5.44. The van der Waals surface area contributed by atoms with Gasteiger partial charge in [-0.15, -0.1) is 0 Å². The first-order valence-electron chi connectivity index (χ1n) is 5.44. The van der Waals surface area contributed by atoms with Gasteiger partial charge in [0, 0.05) is 12.6 Å². The molecule has 1 aromatic heterocycles. The van der Waals surface area contributed by atoms with E-state index in [0.717, 1.165) is 19.6 Å². The van der Waals surface area contributed by atoms with Gasteiger partial charge < -0.3 is 14.3 Å². The first-order chi connectivity index (χ1) is 7.75. The number of likely N-dealkylation sites (tertiary alicyclic amines) is 1. The molecule has 5 nitrogen and oxygen atoms in total. The molecule has 1 aromatic rings. The van der Waals surface area contributed by atoms with Gasteiger partial charge in [-0.1, -0.05) is 0 Å². The highest BCUT2D eigenvalue weighted by Crippen LogP contribution is 2.16. The van der Waals surface area contributed by atoms with Crippen molar-refractivity contribution >= 4 is 5.97 Å². The zero-order valence-electron chi connectivity index (χ0n) is 9.02. The van der Waals surface area contributed by atoms with Crippen LogP contribution in [0.25, 0.3) is 0 Å². The van der Waals surface area contributed by atoms with Crippen molar-refractivity contribution in [1.82, 2.24) is 4.90 Å². The van der Waals surface area contributed by atoms with E-state index in [0.29, 0.717) is 6.61 Å². The number of carboxylic acid groups (broad SMARTS) is 1. The number of furan rings is 1. The third-order valence-electron chi connectivity index (χ3n) is 2.64. The van der Waals surface area contributed by atoms with E-state index in [4.69, 9.17) is 14.3 Å². The maximum absolute atomic E-state index is 10.5. The number of rotatable bonds is 5. The van der Waals surface area contributed by atoms with E-state index in [-0.39, 0.29) is 11.7 Å². The summed E-state index contributed by atoms with van der Waals surface area (Å²) >= 11 is 0. The minimum absolute atomic E-state index is 0.0869. The van der Waals surface area contributed by atoms with Gasteiger partial charge >= 0.3 is 5.97 Å².